The first-order valence-electron chi connectivity index (χ1n) is 7.32. The fraction of sp³-hybridized carbons (Fsp3) is 0.375. The first-order valence-corrected chi connectivity index (χ1v) is 8.20. The monoisotopic (exact) mass is 318 g/mol. The summed E-state index contributed by atoms with van der Waals surface area (Å²) in [6, 6.07) is 9.75. The maximum Gasteiger partial charge on any atom is 0.338 e. The summed E-state index contributed by atoms with van der Waals surface area (Å²) < 4.78 is 5.21. The molecule has 0 bridgehead atoms. The lowest BCUT2D eigenvalue weighted by Crippen LogP contribution is -2.36. The van der Waals surface area contributed by atoms with Crippen LogP contribution in [0.15, 0.2) is 35.7 Å². The Kier molecular flexibility index (Phi) is 4.40. The van der Waals surface area contributed by atoms with E-state index >= 15 is 0 Å². The predicted molar refractivity (Wildman–Crippen MR) is 85.1 cm³/mol. The zero-order valence-electron chi connectivity index (χ0n) is 12.1. The third kappa shape index (κ3) is 3.45. The van der Waals surface area contributed by atoms with E-state index in [0.29, 0.717) is 18.5 Å². The number of carbonyl (C=O) groups excluding carboxylic acids is 1. The summed E-state index contributed by atoms with van der Waals surface area (Å²) in [5.41, 5.74) is 0.347. The molecule has 1 aromatic heterocycles. The van der Waals surface area contributed by atoms with Crippen LogP contribution in [0.4, 0.5) is 10.8 Å². The van der Waals surface area contributed by atoms with E-state index in [2.05, 4.69) is 10.3 Å². The summed E-state index contributed by atoms with van der Waals surface area (Å²) in [7, 11) is 0. The van der Waals surface area contributed by atoms with Crippen LogP contribution in [0.1, 0.15) is 31.4 Å². The normalized spacial score (nSPS) is 16.4. The van der Waals surface area contributed by atoms with Crippen molar-refractivity contribution in [2.45, 2.75) is 37.9 Å². The molecule has 6 heteroatoms. The number of para-hydroxylation sites is 1. The summed E-state index contributed by atoms with van der Waals surface area (Å²) in [5.74, 6) is -0.532. The topological polar surface area (TPSA) is 71.5 Å². The number of thiazole rings is 1. The number of aromatic nitrogens is 1. The highest BCUT2D eigenvalue weighted by Gasteiger charge is 2.40. The number of benzene rings is 1. The molecular formula is C16H18N2O3S. The number of hydrogen-bond donors (Lipinski definition) is 2. The molecule has 2 aromatic rings. The molecular weight excluding hydrogens is 300 g/mol. The molecule has 116 valence electrons. The zero-order chi connectivity index (χ0) is 15.4. The van der Waals surface area contributed by atoms with Crippen molar-refractivity contribution in [1.82, 2.24) is 4.98 Å². The second-order valence-corrected chi connectivity index (χ2v) is 6.31. The van der Waals surface area contributed by atoms with Gasteiger partial charge < -0.3 is 15.2 Å². The molecule has 1 heterocycles. The van der Waals surface area contributed by atoms with Crippen LogP contribution in [0.5, 0.6) is 0 Å². The molecule has 0 radical (unpaired) electrons. The Hall–Kier alpha value is -1.92. The van der Waals surface area contributed by atoms with Gasteiger partial charge in [0, 0.05) is 11.1 Å². The summed E-state index contributed by atoms with van der Waals surface area (Å²) >= 11 is 1.45. The van der Waals surface area contributed by atoms with E-state index in [4.69, 9.17) is 4.74 Å². The van der Waals surface area contributed by atoms with Crippen LogP contribution in [0.3, 0.4) is 0 Å². The van der Waals surface area contributed by atoms with Gasteiger partial charge in [-0.3, -0.25) is 0 Å². The van der Waals surface area contributed by atoms with Crippen molar-refractivity contribution in [3.05, 3.63) is 41.4 Å². The number of ether oxygens (including phenoxy) is 1. The fourth-order valence-electron chi connectivity index (χ4n) is 2.51. The van der Waals surface area contributed by atoms with Gasteiger partial charge in [0.1, 0.15) is 6.61 Å². The SMILES string of the molecule is O=C(OCc1csc(Nc2ccccc2)n1)C1(O)CCCC1. The van der Waals surface area contributed by atoms with Crippen LogP contribution in [-0.4, -0.2) is 21.7 Å². The Morgan fingerprint density at radius 3 is 2.77 bits per heavy atom. The van der Waals surface area contributed by atoms with E-state index in [9.17, 15) is 9.90 Å². The van der Waals surface area contributed by atoms with Gasteiger partial charge in [0.25, 0.3) is 0 Å². The van der Waals surface area contributed by atoms with Crippen molar-refractivity contribution in [3.8, 4) is 0 Å². The average molecular weight is 318 g/mol. The maximum absolute atomic E-state index is 11.9. The number of nitrogens with one attached hydrogen (secondary N) is 1. The number of nitrogens with zero attached hydrogens (tertiary/aromatic N) is 1. The van der Waals surface area contributed by atoms with Crippen molar-refractivity contribution in [2.24, 2.45) is 0 Å². The first-order chi connectivity index (χ1) is 10.7. The molecule has 2 N–H and O–H groups in total. The van der Waals surface area contributed by atoms with Crippen molar-refractivity contribution >= 4 is 28.1 Å². The molecule has 3 rings (SSSR count). The van der Waals surface area contributed by atoms with E-state index in [1.54, 1.807) is 0 Å². The minimum absolute atomic E-state index is 0.0914. The Balaban J connectivity index is 1.55. The van der Waals surface area contributed by atoms with Gasteiger partial charge in [-0.25, -0.2) is 9.78 Å². The van der Waals surface area contributed by atoms with Gasteiger partial charge in [0.2, 0.25) is 0 Å². The highest BCUT2D eigenvalue weighted by atomic mass is 32.1. The van der Waals surface area contributed by atoms with Gasteiger partial charge >= 0.3 is 5.97 Å². The van der Waals surface area contributed by atoms with E-state index < -0.39 is 11.6 Å². The predicted octanol–water partition coefficient (Wildman–Crippen LogP) is 3.24. The highest BCUT2D eigenvalue weighted by molar-refractivity contribution is 7.13. The van der Waals surface area contributed by atoms with Crippen LogP contribution in [0.2, 0.25) is 0 Å². The summed E-state index contributed by atoms with van der Waals surface area (Å²) in [5, 5.41) is 15.9. The van der Waals surface area contributed by atoms with Crippen molar-refractivity contribution in [3.63, 3.8) is 0 Å². The third-order valence-corrected chi connectivity index (χ3v) is 4.55. The van der Waals surface area contributed by atoms with Gasteiger partial charge in [-0.05, 0) is 37.8 Å². The molecule has 5 nitrogen and oxygen atoms in total. The van der Waals surface area contributed by atoms with E-state index in [1.165, 1.54) is 11.3 Å². The Labute approximate surface area is 133 Å². The van der Waals surface area contributed by atoms with E-state index in [-0.39, 0.29) is 6.61 Å². The molecule has 0 spiro atoms. The van der Waals surface area contributed by atoms with Crippen molar-refractivity contribution < 1.29 is 14.6 Å². The highest BCUT2D eigenvalue weighted by Crippen LogP contribution is 2.31. The van der Waals surface area contributed by atoms with Crippen molar-refractivity contribution in [2.75, 3.05) is 5.32 Å². The molecule has 0 atom stereocenters. The van der Waals surface area contributed by atoms with Gasteiger partial charge in [0.15, 0.2) is 10.7 Å². The number of rotatable bonds is 5. The fourth-order valence-corrected chi connectivity index (χ4v) is 3.23. The molecule has 0 amide bonds. The number of anilines is 2. The average Bonchev–Trinajstić information content (AvgIpc) is 3.16. The molecule has 1 aliphatic carbocycles. The van der Waals surface area contributed by atoms with Gasteiger partial charge in [-0.15, -0.1) is 11.3 Å². The molecule has 1 fully saturated rings. The smallest absolute Gasteiger partial charge is 0.338 e. The number of esters is 1. The molecule has 1 saturated carbocycles. The lowest BCUT2D eigenvalue weighted by molar-refractivity contribution is -0.166. The van der Waals surface area contributed by atoms with E-state index in [1.807, 2.05) is 35.7 Å². The van der Waals surface area contributed by atoms with Crippen LogP contribution in [0.25, 0.3) is 0 Å². The minimum atomic E-state index is -1.29. The van der Waals surface area contributed by atoms with Gasteiger partial charge in [0.05, 0.1) is 5.69 Å². The number of carbonyl (C=O) groups is 1. The largest absolute Gasteiger partial charge is 0.457 e. The Morgan fingerprint density at radius 1 is 1.32 bits per heavy atom. The van der Waals surface area contributed by atoms with Gasteiger partial charge in [-0.2, -0.15) is 0 Å². The first kappa shape index (κ1) is 15.0. The lowest BCUT2D eigenvalue weighted by atomic mass is 10.0. The minimum Gasteiger partial charge on any atom is -0.457 e. The standard InChI is InChI=1S/C16H18N2O3S/c19-14(16(20)8-4-5-9-16)21-10-13-11-22-15(18-13)17-12-6-2-1-3-7-12/h1-3,6-7,11,20H,4-5,8-10H2,(H,17,18). The lowest BCUT2D eigenvalue weighted by Gasteiger charge is -2.19. The summed E-state index contributed by atoms with van der Waals surface area (Å²) in [4.78, 5) is 16.3. The number of hydrogen-bond acceptors (Lipinski definition) is 6. The maximum atomic E-state index is 11.9. The second kappa shape index (κ2) is 6.46. The van der Waals surface area contributed by atoms with Gasteiger partial charge in [-0.1, -0.05) is 18.2 Å². The van der Waals surface area contributed by atoms with Crippen LogP contribution in [-0.2, 0) is 16.1 Å². The molecule has 22 heavy (non-hydrogen) atoms. The Morgan fingerprint density at radius 2 is 2.05 bits per heavy atom. The number of aliphatic hydroxyl groups is 1. The van der Waals surface area contributed by atoms with Crippen LogP contribution in [0, 0.1) is 0 Å². The quantitative estimate of drug-likeness (QED) is 0.828. The molecule has 0 aliphatic heterocycles. The van der Waals surface area contributed by atoms with Crippen LogP contribution >= 0.6 is 11.3 Å². The summed E-state index contributed by atoms with van der Waals surface area (Å²) in [6.07, 6.45) is 2.72. The third-order valence-electron chi connectivity index (χ3n) is 3.74. The molecule has 0 unspecified atom stereocenters. The van der Waals surface area contributed by atoms with Crippen LogP contribution < -0.4 is 5.32 Å². The molecule has 1 aliphatic rings. The summed E-state index contributed by atoms with van der Waals surface area (Å²) in [6.45, 7) is 0.0914. The van der Waals surface area contributed by atoms with Crippen molar-refractivity contribution in [1.29, 1.82) is 0 Å². The van der Waals surface area contributed by atoms with E-state index in [0.717, 1.165) is 23.7 Å². The Bertz CT molecular complexity index is 636. The second-order valence-electron chi connectivity index (χ2n) is 5.45. The zero-order valence-corrected chi connectivity index (χ0v) is 12.9. The molecule has 1 aromatic carbocycles. The molecule has 0 saturated heterocycles.